The Morgan fingerprint density at radius 3 is 1.00 bits per heavy atom. The summed E-state index contributed by atoms with van der Waals surface area (Å²) in [6, 6.07) is 0. The zero-order chi connectivity index (χ0) is 0. The topological polar surface area (TPSA) is 0 Å². The Hall–Kier alpha value is 4.40. The van der Waals surface area contributed by atoms with Crippen molar-refractivity contribution in [1.29, 1.82) is 0 Å². The van der Waals surface area contributed by atoms with E-state index >= 15 is 0 Å². The summed E-state index contributed by atoms with van der Waals surface area (Å²) in [5.41, 5.74) is 0. The van der Waals surface area contributed by atoms with Gasteiger partial charge in [-0.3, -0.25) is 0 Å². The van der Waals surface area contributed by atoms with Gasteiger partial charge in [0.05, 0.1) is 0 Å². The molecule has 4 heavy (non-hydrogen) atoms. The summed E-state index contributed by atoms with van der Waals surface area (Å²) in [6.45, 7) is 0. The van der Waals surface area contributed by atoms with E-state index in [-0.39, 0.29) is 133 Å². The third-order valence-electron chi connectivity index (χ3n) is 0. The quantitative estimate of drug-likeness (QED) is 0.353. The molecule has 0 N–H and O–H groups in total. The Bertz CT molecular complexity index is 8.00. The fraction of sp³-hybridized carbons (Fsp3) is 0. The van der Waals surface area contributed by atoms with Gasteiger partial charge in [-0.25, -0.2) is 0 Å². The van der Waals surface area contributed by atoms with Crippen LogP contribution in [-0.2, 0) is 22.4 Å². The Kier molecular flexibility index (Phi) is 93.0. The molecule has 0 atom stereocenters. The second-order valence-corrected chi connectivity index (χ2v) is 0. The van der Waals surface area contributed by atoms with Crippen LogP contribution in [0.2, 0.25) is 0 Å². The predicted molar refractivity (Wildman–Crippen MR) is 25.6 cm³/mol. The normalized spacial score (nSPS) is 0. The van der Waals surface area contributed by atoms with Crippen molar-refractivity contribution >= 4 is 111 Å². The second-order valence-electron chi connectivity index (χ2n) is 0. The first-order valence-corrected chi connectivity index (χ1v) is 0. The molecule has 0 saturated carbocycles. The van der Waals surface area contributed by atoms with E-state index in [2.05, 4.69) is 0 Å². The van der Waals surface area contributed by atoms with Gasteiger partial charge in [0.2, 0.25) is 0 Å². The maximum absolute atomic E-state index is 0. The molecule has 0 amide bonds. The van der Waals surface area contributed by atoms with Crippen LogP contribution in [-0.4, -0.2) is 111 Å². The summed E-state index contributed by atoms with van der Waals surface area (Å²) in [7, 11) is 0. The van der Waals surface area contributed by atoms with Crippen LogP contribution in [0.25, 0.3) is 0 Å². The number of hydrogen-bond acceptors (Lipinski definition) is 0. The molecule has 0 aliphatic heterocycles. The number of hydrogen-bond donors (Lipinski definition) is 0. The van der Waals surface area contributed by atoms with Crippen LogP contribution >= 0.6 is 0 Å². The van der Waals surface area contributed by atoms with Gasteiger partial charge < -0.3 is 0 Å². The second kappa shape index (κ2) is 15.7. The van der Waals surface area contributed by atoms with E-state index < -0.39 is 0 Å². The summed E-state index contributed by atoms with van der Waals surface area (Å²) >= 11 is 0. The van der Waals surface area contributed by atoms with Gasteiger partial charge in [0.1, 0.15) is 0 Å². The van der Waals surface area contributed by atoms with Crippen molar-refractivity contribution in [2.45, 2.75) is 0 Å². The van der Waals surface area contributed by atoms with Crippen molar-refractivity contribution in [3.63, 3.8) is 0 Å². The van der Waals surface area contributed by atoms with Gasteiger partial charge in [-0.05, 0) is 0 Å². The van der Waals surface area contributed by atoms with Crippen molar-refractivity contribution < 1.29 is 22.4 Å². The molecular weight excluding hydrogens is 443 g/mol. The zero-order valence-corrected chi connectivity index (χ0v) is 7.99. The Morgan fingerprint density at radius 1 is 1.00 bits per heavy atom. The van der Waals surface area contributed by atoms with Gasteiger partial charge in [0.15, 0.2) is 0 Å². The minimum absolute atomic E-state index is 0. The first-order valence-electron chi connectivity index (χ1n) is 0. The van der Waals surface area contributed by atoms with Crippen LogP contribution in [0.1, 0.15) is 0 Å². The molecule has 0 aliphatic rings. The summed E-state index contributed by atoms with van der Waals surface area (Å²) in [5.74, 6) is 0. The summed E-state index contributed by atoms with van der Waals surface area (Å²) < 4.78 is 0. The third-order valence-corrected chi connectivity index (χ3v) is 0. The monoisotopic (exact) mass is 449 g/mol. The van der Waals surface area contributed by atoms with Crippen LogP contribution in [0, 0.1) is 0 Å². The van der Waals surface area contributed by atoms with Crippen LogP contribution < -0.4 is 0 Å². The molecule has 0 bridgehead atoms. The van der Waals surface area contributed by atoms with Gasteiger partial charge in [0, 0.05) is 22.4 Å². The van der Waals surface area contributed by atoms with E-state index in [9.17, 15) is 0 Å². The van der Waals surface area contributed by atoms with Gasteiger partial charge in [-0.2, -0.15) is 0 Å². The van der Waals surface area contributed by atoms with Gasteiger partial charge in [-0.1, -0.05) is 0 Å². The molecule has 0 aliphatic carbocycles. The summed E-state index contributed by atoms with van der Waals surface area (Å²) in [4.78, 5) is 0. The molecular formula is H6AgCaPbSr. The standard InChI is InChI=1S/Ag.Ca.Pb.Sr.6H. The molecule has 0 aromatic rings. The summed E-state index contributed by atoms with van der Waals surface area (Å²) in [6.07, 6.45) is 0. The molecule has 0 fully saturated rings. The van der Waals surface area contributed by atoms with E-state index in [1.165, 1.54) is 0 Å². The first-order chi connectivity index (χ1) is 0. The fourth-order valence-electron chi connectivity index (χ4n) is 0. The molecule has 0 aromatic carbocycles. The van der Waals surface area contributed by atoms with Crippen molar-refractivity contribution in [1.82, 2.24) is 0 Å². The molecule has 0 heterocycles. The molecule has 0 unspecified atom stereocenters. The van der Waals surface area contributed by atoms with Crippen LogP contribution in [0.5, 0.6) is 0 Å². The average Bonchev–Trinajstić information content (AvgIpc) is 0. The summed E-state index contributed by atoms with van der Waals surface area (Å²) in [5, 5.41) is 0. The van der Waals surface area contributed by atoms with E-state index in [4.69, 9.17) is 0 Å². The van der Waals surface area contributed by atoms with Crippen molar-refractivity contribution in [2.24, 2.45) is 0 Å². The number of rotatable bonds is 0. The van der Waals surface area contributed by atoms with Gasteiger partial charge >= 0.3 is 111 Å². The van der Waals surface area contributed by atoms with Crippen LogP contribution in [0.4, 0.5) is 0 Å². The minimum atomic E-state index is 0. The van der Waals surface area contributed by atoms with E-state index in [1.54, 1.807) is 0 Å². The maximum atomic E-state index is 0. The third kappa shape index (κ3) is 9.64. The zero-order valence-electron chi connectivity index (χ0n) is 1.01. The Morgan fingerprint density at radius 2 is 1.00 bits per heavy atom. The average molecular weight is 449 g/mol. The van der Waals surface area contributed by atoms with Crippen LogP contribution in [0.15, 0.2) is 0 Å². The molecule has 25 valence electrons. The molecule has 0 spiro atoms. The Labute approximate surface area is 129 Å². The van der Waals surface area contributed by atoms with E-state index in [0.717, 1.165) is 0 Å². The Balaban J connectivity index is 0. The molecule has 0 rings (SSSR count). The van der Waals surface area contributed by atoms with Crippen molar-refractivity contribution in [2.75, 3.05) is 0 Å². The molecule has 0 nitrogen and oxygen atoms in total. The van der Waals surface area contributed by atoms with Crippen LogP contribution in [0.3, 0.4) is 0 Å². The van der Waals surface area contributed by atoms with E-state index in [1.807, 2.05) is 0 Å². The molecule has 4 heteroatoms. The SMILES string of the molecule is [Ag].[CaH2].[PbH2].[SrH2]. The van der Waals surface area contributed by atoms with E-state index in [0.29, 0.717) is 0 Å². The van der Waals surface area contributed by atoms with Gasteiger partial charge in [-0.15, -0.1) is 0 Å². The molecule has 3 radical (unpaired) electrons. The molecule has 0 aromatic heterocycles. The predicted octanol–water partition coefficient (Wildman–Crippen LogP) is -2.75. The first kappa shape index (κ1) is 23.8. The fourth-order valence-corrected chi connectivity index (χ4v) is 0. The molecule has 0 saturated heterocycles. The van der Waals surface area contributed by atoms with Gasteiger partial charge in [0.25, 0.3) is 0 Å². The van der Waals surface area contributed by atoms with Crippen molar-refractivity contribution in [3.05, 3.63) is 0 Å². The van der Waals surface area contributed by atoms with Crippen molar-refractivity contribution in [3.8, 4) is 0 Å².